The van der Waals surface area contributed by atoms with Gasteiger partial charge in [-0.05, 0) is 37.5 Å². The van der Waals surface area contributed by atoms with Crippen LogP contribution < -0.4 is 5.32 Å². The second kappa shape index (κ2) is 5.34. The minimum absolute atomic E-state index is 0.0883. The van der Waals surface area contributed by atoms with Crippen molar-refractivity contribution in [1.29, 1.82) is 5.26 Å². The van der Waals surface area contributed by atoms with E-state index in [0.717, 1.165) is 12.8 Å². The molecule has 0 spiro atoms. The summed E-state index contributed by atoms with van der Waals surface area (Å²) in [5.74, 6) is 1.08. The first-order chi connectivity index (χ1) is 7.79. The number of rotatable bonds is 4. The first-order valence-corrected chi connectivity index (χ1v) is 6.48. The van der Waals surface area contributed by atoms with Crippen LogP contribution in [0, 0.1) is 23.2 Å². The summed E-state index contributed by atoms with van der Waals surface area (Å²) in [5, 5.41) is 11.8. The number of nitrogens with one attached hydrogen (secondary N) is 1. The quantitative estimate of drug-likeness (QED) is 0.790. The van der Waals surface area contributed by atoms with Crippen LogP contribution in [0.25, 0.3) is 0 Å². The Hall–Kier alpha value is -1.04. The maximum atomic E-state index is 11.8. The first-order valence-electron chi connectivity index (χ1n) is 6.48. The van der Waals surface area contributed by atoms with E-state index < -0.39 is 0 Å². The van der Waals surface area contributed by atoms with Gasteiger partial charge in [0.2, 0.25) is 5.91 Å². The number of nitrogens with zero attached hydrogens (tertiary/aromatic N) is 1. The fraction of sp³-hybridized carbons (Fsp3) is 0.846. The van der Waals surface area contributed by atoms with E-state index in [1.54, 1.807) is 0 Å². The number of carbonyl (C=O) groups excluding carboxylic acids is 1. The fourth-order valence-corrected chi connectivity index (χ4v) is 2.57. The maximum Gasteiger partial charge on any atom is 0.221 e. The minimum Gasteiger partial charge on any atom is -0.340 e. The molecule has 0 radical (unpaired) electrons. The Bertz CT molecular complexity index is 285. The van der Waals surface area contributed by atoms with Crippen LogP contribution in [-0.2, 0) is 4.79 Å². The zero-order chi connectivity index (χ0) is 11.4. The Kier molecular flexibility index (Phi) is 3.82. The van der Waals surface area contributed by atoms with E-state index in [4.69, 9.17) is 5.26 Å². The van der Waals surface area contributed by atoms with E-state index in [1.807, 2.05) is 0 Å². The van der Waals surface area contributed by atoms with E-state index in [0.29, 0.717) is 18.3 Å². The van der Waals surface area contributed by atoms with E-state index in [9.17, 15) is 4.79 Å². The van der Waals surface area contributed by atoms with Gasteiger partial charge in [-0.15, -0.1) is 0 Å². The van der Waals surface area contributed by atoms with Crippen LogP contribution in [0.4, 0.5) is 0 Å². The van der Waals surface area contributed by atoms with Crippen molar-refractivity contribution in [3.63, 3.8) is 0 Å². The molecule has 0 bridgehead atoms. The second-order valence-electron chi connectivity index (χ2n) is 5.22. The Morgan fingerprint density at radius 1 is 1.25 bits per heavy atom. The van der Waals surface area contributed by atoms with Crippen molar-refractivity contribution >= 4 is 5.91 Å². The highest BCUT2D eigenvalue weighted by atomic mass is 16.1. The average molecular weight is 220 g/mol. The summed E-state index contributed by atoms with van der Waals surface area (Å²) in [5.41, 5.74) is 0. The van der Waals surface area contributed by atoms with Crippen LogP contribution >= 0.6 is 0 Å². The molecule has 2 fully saturated rings. The maximum absolute atomic E-state index is 11.8. The number of amides is 1. The number of carbonyl (C=O) groups is 1. The smallest absolute Gasteiger partial charge is 0.221 e. The standard InChI is InChI=1S/C13H20N2O/c14-9-12(11-6-7-11)15-13(16)8-10-4-2-1-3-5-10/h10-12H,1-8H2,(H,15,16). The summed E-state index contributed by atoms with van der Waals surface area (Å²) in [6.07, 6.45) is 9.06. The molecule has 2 aliphatic rings. The molecule has 0 aromatic rings. The third-order valence-corrected chi connectivity index (χ3v) is 3.75. The third kappa shape index (κ3) is 3.23. The summed E-state index contributed by atoms with van der Waals surface area (Å²) < 4.78 is 0. The van der Waals surface area contributed by atoms with Gasteiger partial charge in [0, 0.05) is 6.42 Å². The molecule has 0 aromatic carbocycles. The summed E-state index contributed by atoms with van der Waals surface area (Å²) in [6, 6.07) is 1.97. The monoisotopic (exact) mass is 220 g/mol. The zero-order valence-corrected chi connectivity index (χ0v) is 9.74. The Balaban J connectivity index is 1.72. The molecular weight excluding hydrogens is 200 g/mol. The van der Waals surface area contributed by atoms with Crippen LogP contribution in [-0.4, -0.2) is 11.9 Å². The topological polar surface area (TPSA) is 52.9 Å². The van der Waals surface area contributed by atoms with Crippen LogP contribution in [0.5, 0.6) is 0 Å². The lowest BCUT2D eigenvalue weighted by molar-refractivity contribution is -0.122. The van der Waals surface area contributed by atoms with Gasteiger partial charge in [0.1, 0.15) is 6.04 Å². The molecule has 0 aromatic heterocycles. The van der Waals surface area contributed by atoms with Gasteiger partial charge in [-0.1, -0.05) is 19.3 Å². The van der Waals surface area contributed by atoms with Crippen molar-refractivity contribution < 1.29 is 4.79 Å². The summed E-state index contributed by atoms with van der Waals surface area (Å²) in [4.78, 5) is 11.8. The van der Waals surface area contributed by atoms with Gasteiger partial charge in [-0.3, -0.25) is 4.79 Å². The van der Waals surface area contributed by atoms with E-state index in [2.05, 4.69) is 11.4 Å². The molecular formula is C13H20N2O. The highest BCUT2D eigenvalue weighted by molar-refractivity contribution is 5.77. The highest BCUT2D eigenvalue weighted by Crippen LogP contribution is 2.32. The molecule has 88 valence electrons. The van der Waals surface area contributed by atoms with Crippen molar-refractivity contribution in [2.24, 2.45) is 11.8 Å². The van der Waals surface area contributed by atoms with Crippen LogP contribution in [0.15, 0.2) is 0 Å². The van der Waals surface area contributed by atoms with Crippen molar-refractivity contribution in [2.75, 3.05) is 0 Å². The van der Waals surface area contributed by atoms with Gasteiger partial charge in [0.25, 0.3) is 0 Å². The van der Waals surface area contributed by atoms with Crippen LogP contribution in [0.1, 0.15) is 51.4 Å². The van der Waals surface area contributed by atoms with Crippen molar-refractivity contribution in [1.82, 2.24) is 5.32 Å². The Labute approximate surface area is 97.2 Å². The molecule has 1 atom stereocenters. The minimum atomic E-state index is -0.226. The SMILES string of the molecule is N#CC(NC(=O)CC1CCCCC1)C1CC1. The molecule has 1 unspecified atom stereocenters. The summed E-state index contributed by atoms with van der Waals surface area (Å²) >= 11 is 0. The van der Waals surface area contributed by atoms with E-state index in [-0.39, 0.29) is 11.9 Å². The summed E-state index contributed by atoms with van der Waals surface area (Å²) in [7, 11) is 0. The Morgan fingerprint density at radius 3 is 2.50 bits per heavy atom. The van der Waals surface area contributed by atoms with Crippen molar-refractivity contribution in [3.8, 4) is 6.07 Å². The van der Waals surface area contributed by atoms with Crippen LogP contribution in [0.2, 0.25) is 0 Å². The van der Waals surface area contributed by atoms with Crippen molar-refractivity contribution in [2.45, 2.75) is 57.4 Å². The molecule has 0 heterocycles. The molecule has 0 aliphatic heterocycles. The van der Waals surface area contributed by atoms with Gasteiger partial charge in [0.05, 0.1) is 6.07 Å². The van der Waals surface area contributed by atoms with E-state index >= 15 is 0 Å². The highest BCUT2D eigenvalue weighted by Gasteiger charge is 2.32. The molecule has 2 rings (SSSR count). The molecule has 3 nitrogen and oxygen atoms in total. The van der Waals surface area contributed by atoms with Gasteiger partial charge in [-0.2, -0.15) is 5.26 Å². The number of hydrogen-bond donors (Lipinski definition) is 1. The molecule has 3 heteroatoms. The third-order valence-electron chi connectivity index (χ3n) is 3.75. The van der Waals surface area contributed by atoms with Gasteiger partial charge in [-0.25, -0.2) is 0 Å². The second-order valence-corrected chi connectivity index (χ2v) is 5.22. The summed E-state index contributed by atoms with van der Waals surface area (Å²) in [6.45, 7) is 0. The molecule has 1 N–H and O–H groups in total. The van der Waals surface area contributed by atoms with Crippen molar-refractivity contribution in [3.05, 3.63) is 0 Å². The normalized spacial score (nSPS) is 23.4. The lowest BCUT2D eigenvalue weighted by atomic mass is 9.87. The van der Waals surface area contributed by atoms with E-state index in [1.165, 1.54) is 32.1 Å². The van der Waals surface area contributed by atoms with Crippen LogP contribution in [0.3, 0.4) is 0 Å². The lowest BCUT2D eigenvalue weighted by Gasteiger charge is -2.21. The fourth-order valence-electron chi connectivity index (χ4n) is 2.57. The lowest BCUT2D eigenvalue weighted by Crippen LogP contribution is -2.36. The number of nitriles is 1. The molecule has 2 saturated carbocycles. The Morgan fingerprint density at radius 2 is 1.94 bits per heavy atom. The molecule has 1 amide bonds. The average Bonchev–Trinajstić information content (AvgIpc) is 3.11. The molecule has 2 aliphatic carbocycles. The zero-order valence-electron chi connectivity index (χ0n) is 9.74. The number of hydrogen-bond acceptors (Lipinski definition) is 2. The molecule has 16 heavy (non-hydrogen) atoms. The van der Waals surface area contributed by atoms with Gasteiger partial charge < -0.3 is 5.32 Å². The predicted octanol–water partition coefficient (Wildman–Crippen LogP) is 2.38. The largest absolute Gasteiger partial charge is 0.340 e. The first kappa shape index (κ1) is 11.4. The molecule has 0 saturated heterocycles. The van der Waals surface area contributed by atoms with Gasteiger partial charge in [0.15, 0.2) is 0 Å². The van der Waals surface area contributed by atoms with Gasteiger partial charge >= 0.3 is 0 Å². The predicted molar refractivity (Wildman–Crippen MR) is 61.5 cm³/mol.